The lowest BCUT2D eigenvalue weighted by Crippen LogP contribution is -2.38. The fourth-order valence-electron chi connectivity index (χ4n) is 3.08. The molecular formula is C15H19N3O2S. The number of nitrogens with zero attached hydrogens (tertiary/aromatic N) is 3. The molecule has 1 unspecified atom stereocenters. The molecule has 1 aliphatic heterocycles. The molecule has 2 aromatic heterocycles. The number of rotatable bonds is 3. The molecule has 0 amide bonds. The molecule has 0 fully saturated rings. The third-order valence-electron chi connectivity index (χ3n) is 4.32. The summed E-state index contributed by atoms with van der Waals surface area (Å²) in [6, 6.07) is 1.41. The van der Waals surface area contributed by atoms with Crippen LogP contribution in [0.4, 0.5) is 0 Å². The molecule has 3 heterocycles. The molecule has 5 nitrogen and oxygen atoms in total. The van der Waals surface area contributed by atoms with Crippen molar-refractivity contribution in [2.45, 2.75) is 32.9 Å². The van der Waals surface area contributed by atoms with E-state index in [0.29, 0.717) is 6.54 Å². The molecule has 21 heavy (non-hydrogen) atoms. The number of carbonyl (C=O) groups is 1. The summed E-state index contributed by atoms with van der Waals surface area (Å²) < 4.78 is 1.86. The maximum absolute atomic E-state index is 11.7. The highest BCUT2D eigenvalue weighted by Gasteiger charge is 2.34. The quantitative estimate of drug-likeness (QED) is 0.945. The van der Waals surface area contributed by atoms with Crippen molar-refractivity contribution in [1.29, 1.82) is 0 Å². The SMILES string of the molecule is Cc1nn(C)c(C)c1CN1CCc2sccc2C1C(=O)O. The van der Waals surface area contributed by atoms with Crippen molar-refractivity contribution in [2.24, 2.45) is 7.05 Å². The Morgan fingerprint density at radius 2 is 2.29 bits per heavy atom. The van der Waals surface area contributed by atoms with Crippen molar-refractivity contribution >= 4 is 17.3 Å². The zero-order chi connectivity index (χ0) is 15.1. The fraction of sp³-hybridized carbons (Fsp3) is 0.467. The molecule has 0 saturated carbocycles. The van der Waals surface area contributed by atoms with E-state index in [1.165, 1.54) is 4.88 Å². The monoisotopic (exact) mass is 305 g/mol. The number of hydrogen-bond acceptors (Lipinski definition) is 4. The van der Waals surface area contributed by atoms with E-state index in [1.807, 2.05) is 37.0 Å². The average molecular weight is 305 g/mol. The first-order valence-corrected chi connectivity index (χ1v) is 7.89. The van der Waals surface area contributed by atoms with E-state index >= 15 is 0 Å². The molecule has 1 N–H and O–H groups in total. The Morgan fingerprint density at radius 3 is 2.90 bits per heavy atom. The summed E-state index contributed by atoms with van der Waals surface area (Å²) in [6.07, 6.45) is 0.926. The van der Waals surface area contributed by atoms with Crippen LogP contribution in [0.1, 0.15) is 33.4 Å². The van der Waals surface area contributed by atoms with Gasteiger partial charge in [-0.25, -0.2) is 0 Å². The highest BCUT2D eigenvalue weighted by Crippen LogP contribution is 2.34. The van der Waals surface area contributed by atoms with Gasteiger partial charge < -0.3 is 5.11 Å². The van der Waals surface area contributed by atoms with Crippen LogP contribution in [0, 0.1) is 13.8 Å². The second-order valence-corrected chi connectivity index (χ2v) is 6.53. The van der Waals surface area contributed by atoms with Gasteiger partial charge in [-0.2, -0.15) is 5.10 Å². The molecule has 3 rings (SSSR count). The Labute approximate surface area is 127 Å². The van der Waals surface area contributed by atoms with Crippen LogP contribution in [-0.4, -0.2) is 32.3 Å². The second kappa shape index (κ2) is 5.27. The zero-order valence-corrected chi connectivity index (χ0v) is 13.3. The standard InChI is InChI=1S/C15H19N3O2S/c1-9-12(10(2)17(3)16-9)8-18-6-4-13-11(5-7-21-13)14(18)15(19)20/h5,7,14H,4,6,8H2,1-3H3,(H,19,20). The predicted octanol–water partition coefficient (Wildman–Crippen LogP) is 2.28. The predicted molar refractivity (Wildman–Crippen MR) is 81.5 cm³/mol. The number of carboxylic acid groups (broad SMARTS) is 1. The van der Waals surface area contributed by atoms with Gasteiger partial charge in [0.1, 0.15) is 6.04 Å². The Morgan fingerprint density at radius 1 is 1.52 bits per heavy atom. The summed E-state index contributed by atoms with van der Waals surface area (Å²) in [5, 5.41) is 16.1. The molecule has 0 aliphatic carbocycles. The van der Waals surface area contributed by atoms with Crippen LogP contribution in [0.5, 0.6) is 0 Å². The third kappa shape index (κ3) is 2.38. The lowest BCUT2D eigenvalue weighted by Gasteiger charge is -2.33. The minimum atomic E-state index is -0.770. The largest absolute Gasteiger partial charge is 0.480 e. The van der Waals surface area contributed by atoms with Crippen LogP contribution in [0.25, 0.3) is 0 Å². The summed E-state index contributed by atoms with van der Waals surface area (Å²) >= 11 is 1.66. The Bertz CT molecular complexity index is 689. The normalized spacial score (nSPS) is 18.7. The van der Waals surface area contributed by atoms with Crippen LogP contribution in [0.2, 0.25) is 0 Å². The van der Waals surface area contributed by atoms with Crippen LogP contribution in [-0.2, 0) is 24.8 Å². The number of hydrogen-bond donors (Lipinski definition) is 1. The summed E-state index contributed by atoms with van der Waals surface area (Å²) in [5.41, 5.74) is 4.18. The summed E-state index contributed by atoms with van der Waals surface area (Å²) in [4.78, 5) is 15.0. The molecule has 0 radical (unpaired) electrons. The topological polar surface area (TPSA) is 58.4 Å². The third-order valence-corrected chi connectivity index (χ3v) is 5.32. The van der Waals surface area contributed by atoms with Gasteiger partial charge in [-0.1, -0.05) is 0 Å². The van der Waals surface area contributed by atoms with Crippen molar-refractivity contribution in [3.63, 3.8) is 0 Å². The van der Waals surface area contributed by atoms with Gasteiger partial charge in [-0.05, 0) is 37.3 Å². The molecule has 0 bridgehead atoms. The van der Waals surface area contributed by atoms with Gasteiger partial charge in [0.05, 0.1) is 5.69 Å². The van der Waals surface area contributed by atoms with Gasteiger partial charge in [0.25, 0.3) is 0 Å². The zero-order valence-electron chi connectivity index (χ0n) is 12.5. The van der Waals surface area contributed by atoms with E-state index < -0.39 is 12.0 Å². The van der Waals surface area contributed by atoms with Crippen LogP contribution in [0.15, 0.2) is 11.4 Å². The van der Waals surface area contributed by atoms with E-state index in [9.17, 15) is 9.90 Å². The van der Waals surface area contributed by atoms with E-state index in [-0.39, 0.29) is 0 Å². The minimum Gasteiger partial charge on any atom is -0.480 e. The maximum atomic E-state index is 11.7. The smallest absolute Gasteiger partial charge is 0.325 e. The Kier molecular flexibility index (Phi) is 3.59. The van der Waals surface area contributed by atoms with Gasteiger partial charge in [0.2, 0.25) is 0 Å². The molecule has 0 saturated heterocycles. The highest BCUT2D eigenvalue weighted by molar-refractivity contribution is 7.10. The van der Waals surface area contributed by atoms with Gasteiger partial charge in [-0.3, -0.25) is 14.4 Å². The molecule has 1 aliphatic rings. The van der Waals surface area contributed by atoms with Crippen molar-refractivity contribution in [3.05, 3.63) is 38.8 Å². The van der Waals surface area contributed by atoms with Gasteiger partial charge >= 0.3 is 5.97 Å². The second-order valence-electron chi connectivity index (χ2n) is 5.53. The number of thiophene rings is 1. The number of carboxylic acids is 1. The van der Waals surface area contributed by atoms with E-state index in [0.717, 1.165) is 35.5 Å². The maximum Gasteiger partial charge on any atom is 0.325 e. The molecule has 2 aromatic rings. The lowest BCUT2D eigenvalue weighted by molar-refractivity contribution is -0.144. The summed E-state index contributed by atoms with van der Waals surface area (Å²) in [5.74, 6) is -0.770. The van der Waals surface area contributed by atoms with Gasteiger partial charge in [0.15, 0.2) is 0 Å². The fourth-order valence-corrected chi connectivity index (χ4v) is 3.98. The number of aliphatic carboxylic acids is 1. The van der Waals surface area contributed by atoms with Crippen LogP contribution < -0.4 is 0 Å². The van der Waals surface area contributed by atoms with Crippen molar-refractivity contribution in [2.75, 3.05) is 6.54 Å². The van der Waals surface area contributed by atoms with Crippen molar-refractivity contribution in [1.82, 2.24) is 14.7 Å². The first-order valence-electron chi connectivity index (χ1n) is 7.01. The minimum absolute atomic E-state index is 0.543. The lowest BCUT2D eigenvalue weighted by atomic mass is 9.99. The molecule has 112 valence electrons. The van der Waals surface area contributed by atoms with E-state index in [2.05, 4.69) is 10.00 Å². The van der Waals surface area contributed by atoms with Crippen molar-refractivity contribution in [3.8, 4) is 0 Å². The number of aryl methyl sites for hydroxylation is 2. The van der Waals surface area contributed by atoms with Crippen molar-refractivity contribution < 1.29 is 9.90 Å². The molecule has 1 atom stereocenters. The van der Waals surface area contributed by atoms with Gasteiger partial charge in [0, 0.05) is 36.3 Å². The Hall–Kier alpha value is -1.66. The number of aromatic nitrogens is 2. The first-order chi connectivity index (χ1) is 9.99. The molecular weight excluding hydrogens is 286 g/mol. The molecule has 0 aromatic carbocycles. The average Bonchev–Trinajstić information content (AvgIpc) is 2.98. The van der Waals surface area contributed by atoms with Gasteiger partial charge in [-0.15, -0.1) is 11.3 Å². The number of fused-ring (bicyclic) bond motifs is 1. The van der Waals surface area contributed by atoms with E-state index in [1.54, 1.807) is 11.3 Å². The van der Waals surface area contributed by atoms with Crippen LogP contribution in [0.3, 0.4) is 0 Å². The van der Waals surface area contributed by atoms with Crippen LogP contribution >= 0.6 is 11.3 Å². The Balaban J connectivity index is 1.93. The first kappa shape index (κ1) is 14.3. The van der Waals surface area contributed by atoms with E-state index in [4.69, 9.17) is 0 Å². The summed E-state index contributed by atoms with van der Waals surface area (Å²) in [7, 11) is 1.92. The molecule has 0 spiro atoms. The molecule has 6 heteroatoms. The summed E-state index contributed by atoms with van der Waals surface area (Å²) in [6.45, 7) is 5.43. The highest BCUT2D eigenvalue weighted by atomic mass is 32.1.